The monoisotopic (exact) mass is 389 g/mol. The van der Waals surface area contributed by atoms with Crippen molar-refractivity contribution in [3.63, 3.8) is 0 Å². The van der Waals surface area contributed by atoms with Crippen LogP contribution in [-0.4, -0.2) is 31.8 Å². The fourth-order valence-electron chi connectivity index (χ4n) is 2.55. The molecule has 0 aliphatic heterocycles. The van der Waals surface area contributed by atoms with Gasteiger partial charge in [-0.2, -0.15) is 0 Å². The third kappa shape index (κ3) is 5.82. The normalized spacial score (nSPS) is 12.2. The molecule has 3 N–H and O–H groups in total. The van der Waals surface area contributed by atoms with E-state index in [0.717, 1.165) is 5.69 Å². The maximum atomic E-state index is 12.5. The van der Waals surface area contributed by atoms with Gasteiger partial charge in [-0.3, -0.25) is 9.59 Å². The van der Waals surface area contributed by atoms with Gasteiger partial charge in [-0.05, 0) is 37.5 Å². The van der Waals surface area contributed by atoms with Crippen LogP contribution >= 0.6 is 11.8 Å². The van der Waals surface area contributed by atoms with Gasteiger partial charge in [0.15, 0.2) is 5.16 Å². The molecule has 2 aromatic rings. The van der Waals surface area contributed by atoms with Crippen LogP contribution in [0.15, 0.2) is 29.4 Å². The van der Waals surface area contributed by atoms with Crippen LogP contribution in [0.1, 0.15) is 51.4 Å². The van der Waals surface area contributed by atoms with E-state index in [1.165, 1.54) is 17.3 Å². The molecule has 0 unspecified atom stereocenters. The SMILES string of the molecule is CCn1c(CCC(N)=O)nnc1S[C@H](C)C(=O)Nc1ccc(C(C)C)cc1. The third-order valence-electron chi connectivity index (χ3n) is 4.20. The van der Waals surface area contributed by atoms with E-state index < -0.39 is 0 Å². The number of carbonyl (C=O) groups excluding carboxylic acids is 2. The molecule has 8 heteroatoms. The Morgan fingerprint density at radius 3 is 2.41 bits per heavy atom. The molecule has 0 aliphatic rings. The molecule has 0 bridgehead atoms. The highest BCUT2D eigenvalue weighted by atomic mass is 32.2. The van der Waals surface area contributed by atoms with Crippen LogP contribution in [0.3, 0.4) is 0 Å². The second-order valence-electron chi connectivity index (χ2n) is 6.64. The molecule has 27 heavy (non-hydrogen) atoms. The quantitative estimate of drug-likeness (QED) is 0.642. The molecule has 1 atom stereocenters. The summed E-state index contributed by atoms with van der Waals surface area (Å²) >= 11 is 1.35. The Balaban J connectivity index is 2.00. The Morgan fingerprint density at radius 1 is 1.19 bits per heavy atom. The van der Waals surface area contributed by atoms with Crippen molar-refractivity contribution < 1.29 is 9.59 Å². The molecule has 146 valence electrons. The van der Waals surface area contributed by atoms with E-state index in [1.807, 2.05) is 42.7 Å². The molecule has 0 spiro atoms. The Labute approximate surface area is 164 Å². The molecule has 0 fully saturated rings. The van der Waals surface area contributed by atoms with Gasteiger partial charge in [0.25, 0.3) is 0 Å². The predicted octanol–water partition coefficient (Wildman–Crippen LogP) is 2.96. The Bertz CT molecular complexity index is 786. The number of primary amides is 1. The molecular weight excluding hydrogens is 362 g/mol. The number of nitrogens with two attached hydrogens (primary N) is 1. The predicted molar refractivity (Wildman–Crippen MR) is 108 cm³/mol. The molecular formula is C19H27N5O2S. The maximum Gasteiger partial charge on any atom is 0.237 e. The molecule has 1 heterocycles. The Kier molecular flexibility index (Phi) is 7.41. The summed E-state index contributed by atoms with van der Waals surface area (Å²) in [5.74, 6) is 0.691. The van der Waals surface area contributed by atoms with Crippen LogP contribution in [0.5, 0.6) is 0 Å². The number of thioether (sulfide) groups is 1. The van der Waals surface area contributed by atoms with Crippen LogP contribution in [0.25, 0.3) is 0 Å². The van der Waals surface area contributed by atoms with Crippen LogP contribution in [0.2, 0.25) is 0 Å². The van der Waals surface area contributed by atoms with Gasteiger partial charge in [0, 0.05) is 25.1 Å². The second-order valence-corrected chi connectivity index (χ2v) is 7.94. The zero-order chi connectivity index (χ0) is 20.0. The number of carbonyl (C=O) groups is 2. The van der Waals surface area contributed by atoms with E-state index >= 15 is 0 Å². The minimum atomic E-state index is -0.369. The highest BCUT2D eigenvalue weighted by Gasteiger charge is 2.20. The van der Waals surface area contributed by atoms with E-state index in [-0.39, 0.29) is 23.5 Å². The van der Waals surface area contributed by atoms with Crippen LogP contribution in [0.4, 0.5) is 5.69 Å². The Hall–Kier alpha value is -2.35. The number of aromatic nitrogens is 3. The minimum absolute atomic E-state index is 0.0957. The van der Waals surface area contributed by atoms with Crippen molar-refractivity contribution in [2.75, 3.05) is 5.32 Å². The first kappa shape index (κ1) is 21.0. The lowest BCUT2D eigenvalue weighted by Crippen LogP contribution is -2.23. The standard InChI is InChI=1S/C19H27N5O2S/c1-5-24-17(11-10-16(20)25)22-23-19(24)27-13(4)18(26)21-15-8-6-14(7-9-15)12(2)3/h6-9,12-13H,5,10-11H2,1-4H3,(H2,20,25)(H,21,26)/t13-/m1/s1. The van der Waals surface area contributed by atoms with Crippen molar-refractivity contribution in [2.45, 2.75) is 63.4 Å². The molecule has 0 radical (unpaired) electrons. The zero-order valence-electron chi connectivity index (χ0n) is 16.2. The Morgan fingerprint density at radius 2 is 1.85 bits per heavy atom. The van der Waals surface area contributed by atoms with Gasteiger partial charge < -0.3 is 15.6 Å². The van der Waals surface area contributed by atoms with Gasteiger partial charge in [0.05, 0.1) is 5.25 Å². The first-order valence-electron chi connectivity index (χ1n) is 9.09. The minimum Gasteiger partial charge on any atom is -0.370 e. The molecule has 1 aromatic heterocycles. The van der Waals surface area contributed by atoms with Crippen molar-refractivity contribution in [1.82, 2.24) is 14.8 Å². The molecule has 7 nitrogen and oxygen atoms in total. The van der Waals surface area contributed by atoms with Crippen LogP contribution < -0.4 is 11.1 Å². The summed E-state index contributed by atoms with van der Waals surface area (Å²) in [5.41, 5.74) is 7.21. The average molecular weight is 390 g/mol. The molecule has 0 saturated heterocycles. The number of amides is 2. The molecule has 1 aromatic carbocycles. The first-order valence-corrected chi connectivity index (χ1v) is 9.97. The summed E-state index contributed by atoms with van der Waals surface area (Å²) in [5, 5.41) is 11.6. The van der Waals surface area contributed by atoms with E-state index in [4.69, 9.17) is 5.73 Å². The molecule has 0 aliphatic carbocycles. The zero-order valence-corrected chi connectivity index (χ0v) is 17.0. The first-order chi connectivity index (χ1) is 12.8. The molecule has 2 rings (SSSR count). The van der Waals surface area contributed by atoms with Crippen LogP contribution in [-0.2, 0) is 22.6 Å². The van der Waals surface area contributed by atoms with Gasteiger partial charge in [0.2, 0.25) is 11.8 Å². The number of anilines is 1. The maximum absolute atomic E-state index is 12.5. The molecule has 2 amide bonds. The lowest BCUT2D eigenvalue weighted by molar-refractivity contribution is -0.118. The van der Waals surface area contributed by atoms with Gasteiger partial charge >= 0.3 is 0 Å². The van der Waals surface area contributed by atoms with E-state index in [2.05, 4.69) is 29.4 Å². The number of aryl methyl sites for hydroxylation is 1. The summed E-state index contributed by atoms with van der Waals surface area (Å²) in [6.45, 7) is 8.73. The summed E-state index contributed by atoms with van der Waals surface area (Å²) in [6, 6.07) is 7.88. The number of rotatable bonds is 9. The van der Waals surface area contributed by atoms with Gasteiger partial charge in [-0.1, -0.05) is 37.7 Å². The van der Waals surface area contributed by atoms with Gasteiger partial charge in [-0.15, -0.1) is 10.2 Å². The highest BCUT2D eigenvalue weighted by Crippen LogP contribution is 2.24. The summed E-state index contributed by atoms with van der Waals surface area (Å²) in [4.78, 5) is 23.5. The number of nitrogens with one attached hydrogen (secondary N) is 1. The van der Waals surface area contributed by atoms with Crippen molar-refractivity contribution in [1.29, 1.82) is 0 Å². The van der Waals surface area contributed by atoms with E-state index in [0.29, 0.717) is 29.9 Å². The summed E-state index contributed by atoms with van der Waals surface area (Å²) < 4.78 is 1.91. The molecule has 0 saturated carbocycles. The fraction of sp³-hybridized carbons (Fsp3) is 0.474. The van der Waals surface area contributed by atoms with Gasteiger partial charge in [-0.25, -0.2) is 0 Å². The van der Waals surface area contributed by atoms with E-state index in [9.17, 15) is 9.59 Å². The van der Waals surface area contributed by atoms with Crippen molar-refractivity contribution >= 4 is 29.3 Å². The average Bonchev–Trinajstić information content (AvgIpc) is 3.01. The van der Waals surface area contributed by atoms with Crippen LogP contribution in [0, 0.1) is 0 Å². The fourth-order valence-corrected chi connectivity index (χ4v) is 3.48. The largest absolute Gasteiger partial charge is 0.370 e. The smallest absolute Gasteiger partial charge is 0.237 e. The lowest BCUT2D eigenvalue weighted by Gasteiger charge is -2.13. The third-order valence-corrected chi connectivity index (χ3v) is 5.28. The number of benzene rings is 1. The number of hydrogen-bond donors (Lipinski definition) is 2. The van der Waals surface area contributed by atoms with Crippen molar-refractivity contribution in [3.8, 4) is 0 Å². The van der Waals surface area contributed by atoms with Crippen molar-refractivity contribution in [2.24, 2.45) is 5.73 Å². The number of hydrogen-bond acceptors (Lipinski definition) is 5. The topological polar surface area (TPSA) is 103 Å². The van der Waals surface area contributed by atoms with Crippen molar-refractivity contribution in [3.05, 3.63) is 35.7 Å². The van der Waals surface area contributed by atoms with E-state index in [1.54, 1.807) is 0 Å². The second kappa shape index (κ2) is 9.55. The number of nitrogens with zero attached hydrogens (tertiary/aromatic N) is 3. The summed E-state index contributed by atoms with van der Waals surface area (Å²) in [6.07, 6.45) is 0.671. The lowest BCUT2D eigenvalue weighted by atomic mass is 10.0. The summed E-state index contributed by atoms with van der Waals surface area (Å²) in [7, 11) is 0. The van der Waals surface area contributed by atoms with Gasteiger partial charge in [0.1, 0.15) is 5.82 Å². The highest BCUT2D eigenvalue weighted by molar-refractivity contribution is 8.00.